The summed E-state index contributed by atoms with van der Waals surface area (Å²) < 4.78 is 5.24. The number of carbonyl (C=O) groups excluding carboxylic acids is 2. The van der Waals surface area contributed by atoms with E-state index < -0.39 is 0 Å². The summed E-state index contributed by atoms with van der Waals surface area (Å²) in [6.45, 7) is 3.76. The van der Waals surface area contributed by atoms with Crippen molar-refractivity contribution in [2.45, 2.75) is 38.0 Å². The molecule has 0 aromatic heterocycles. The van der Waals surface area contributed by atoms with Gasteiger partial charge in [-0.05, 0) is 12.8 Å². The maximum atomic E-state index is 12.4. The van der Waals surface area contributed by atoms with Crippen molar-refractivity contribution < 1.29 is 14.3 Å². The fourth-order valence-corrected chi connectivity index (χ4v) is 2.66. The lowest BCUT2D eigenvalue weighted by Crippen LogP contribution is -2.59. The standard InChI is InChI=1S/C12H21N3O3/c1-3-10-11(16)13-4-5-15(10)12(17)9-6-8(18-2)7-14-9/h8-10,14H,3-7H2,1-2H3,(H,13,16). The highest BCUT2D eigenvalue weighted by Crippen LogP contribution is 2.16. The van der Waals surface area contributed by atoms with Gasteiger partial charge in [0.15, 0.2) is 0 Å². The van der Waals surface area contributed by atoms with E-state index in [9.17, 15) is 9.59 Å². The minimum Gasteiger partial charge on any atom is -0.380 e. The van der Waals surface area contributed by atoms with Gasteiger partial charge >= 0.3 is 0 Å². The molecule has 2 N–H and O–H groups in total. The van der Waals surface area contributed by atoms with E-state index in [1.54, 1.807) is 12.0 Å². The summed E-state index contributed by atoms with van der Waals surface area (Å²) in [6, 6.07) is -0.537. The highest BCUT2D eigenvalue weighted by molar-refractivity contribution is 5.91. The second-order valence-corrected chi connectivity index (χ2v) is 4.80. The molecule has 6 heteroatoms. The van der Waals surface area contributed by atoms with Gasteiger partial charge in [0.25, 0.3) is 0 Å². The smallest absolute Gasteiger partial charge is 0.242 e. The van der Waals surface area contributed by atoms with E-state index in [4.69, 9.17) is 4.74 Å². The molecule has 2 fully saturated rings. The van der Waals surface area contributed by atoms with Gasteiger partial charge in [-0.3, -0.25) is 9.59 Å². The van der Waals surface area contributed by atoms with E-state index in [0.717, 1.165) is 0 Å². The third-order valence-electron chi connectivity index (χ3n) is 3.72. The van der Waals surface area contributed by atoms with Gasteiger partial charge in [0.1, 0.15) is 6.04 Å². The SMILES string of the molecule is CCC1C(=O)NCCN1C(=O)C1CC(OC)CN1. The summed E-state index contributed by atoms with van der Waals surface area (Å²) in [7, 11) is 1.66. The maximum absolute atomic E-state index is 12.4. The highest BCUT2D eigenvalue weighted by atomic mass is 16.5. The summed E-state index contributed by atoms with van der Waals surface area (Å²) in [5.41, 5.74) is 0. The van der Waals surface area contributed by atoms with Crippen LogP contribution in [0.3, 0.4) is 0 Å². The van der Waals surface area contributed by atoms with Crippen LogP contribution >= 0.6 is 0 Å². The summed E-state index contributed by atoms with van der Waals surface area (Å²) in [6.07, 6.45) is 1.43. The second kappa shape index (κ2) is 5.67. The molecule has 0 bridgehead atoms. The Bertz CT molecular complexity index is 335. The number of ether oxygens (including phenoxy) is 1. The van der Waals surface area contributed by atoms with Gasteiger partial charge in [-0.2, -0.15) is 0 Å². The molecule has 2 aliphatic heterocycles. The van der Waals surface area contributed by atoms with Crippen LogP contribution in [0.25, 0.3) is 0 Å². The van der Waals surface area contributed by atoms with E-state index in [1.165, 1.54) is 0 Å². The van der Waals surface area contributed by atoms with Gasteiger partial charge in [0, 0.05) is 26.7 Å². The molecule has 0 aromatic rings. The van der Waals surface area contributed by atoms with Crippen molar-refractivity contribution in [1.82, 2.24) is 15.5 Å². The zero-order chi connectivity index (χ0) is 13.1. The number of hydrogen-bond acceptors (Lipinski definition) is 4. The van der Waals surface area contributed by atoms with Crippen LogP contribution < -0.4 is 10.6 Å². The molecule has 2 rings (SSSR count). The van der Waals surface area contributed by atoms with Crippen molar-refractivity contribution in [2.75, 3.05) is 26.7 Å². The molecule has 2 aliphatic rings. The highest BCUT2D eigenvalue weighted by Gasteiger charge is 2.38. The Morgan fingerprint density at radius 1 is 1.56 bits per heavy atom. The fraction of sp³-hybridized carbons (Fsp3) is 0.833. The number of methoxy groups -OCH3 is 1. The van der Waals surface area contributed by atoms with E-state index in [-0.39, 0.29) is 30.0 Å². The van der Waals surface area contributed by atoms with Gasteiger partial charge in [-0.25, -0.2) is 0 Å². The third-order valence-corrected chi connectivity index (χ3v) is 3.72. The Labute approximate surface area is 107 Å². The van der Waals surface area contributed by atoms with Crippen molar-refractivity contribution >= 4 is 11.8 Å². The molecule has 3 atom stereocenters. The molecular weight excluding hydrogens is 234 g/mol. The maximum Gasteiger partial charge on any atom is 0.242 e. The number of hydrogen-bond donors (Lipinski definition) is 2. The van der Waals surface area contributed by atoms with E-state index in [0.29, 0.717) is 32.5 Å². The largest absolute Gasteiger partial charge is 0.380 e. The first-order chi connectivity index (χ1) is 8.67. The summed E-state index contributed by atoms with van der Waals surface area (Å²) in [5, 5.41) is 5.97. The van der Waals surface area contributed by atoms with Crippen molar-refractivity contribution in [3.8, 4) is 0 Å². The van der Waals surface area contributed by atoms with Gasteiger partial charge in [0.2, 0.25) is 11.8 Å². The molecule has 0 aliphatic carbocycles. The lowest BCUT2D eigenvalue weighted by Gasteiger charge is -2.36. The minimum absolute atomic E-state index is 0.0243. The topological polar surface area (TPSA) is 70.7 Å². The van der Waals surface area contributed by atoms with Crippen LogP contribution in [-0.4, -0.2) is 61.6 Å². The minimum atomic E-state index is -0.324. The molecule has 3 unspecified atom stereocenters. The normalized spacial score (nSPS) is 32.4. The Balaban J connectivity index is 2.01. The van der Waals surface area contributed by atoms with Crippen LogP contribution in [0.1, 0.15) is 19.8 Å². The Hall–Kier alpha value is -1.14. The summed E-state index contributed by atoms with van der Waals surface area (Å²) >= 11 is 0. The Morgan fingerprint density at radius 2 is 2.33 bits per heavy atom. The zero-order valence-electron chi connectivity index (χ0n) is 10.9. The number of nitrogens with one attached hydrogen (secondary N) is 2. The van der Waals surface area contributed by atoms with Gasteiger partial charge in [-0.15, -0.1) is 0 Å². The molecule has 2 amide bonds. The first-order valence-electron chi connectivity index (χ1n) is 6.51. The number of rotatable bonds is 3. The van der Waals surface area contributed by atoms with Crippen molar-refractivity contribution in [2.24, 2.45) is 0 Å². The fourth-order valence-electron chi connectivity index (χ4n) is 2.66. The third kappa shape index (κ3) is 2.49. The van der Waals surface area contributed by atoms with Crippen LogP contribution in [0, 0.1) is 0 Å². The number of amides is 2. The lowest BCUT2D eigenvalue weighted by atomic mass is 10.1. The molecule has 0 spiro atoms. The molecule has 2 heterocycles. The van der Waals surface area contributed by atoms with Crippen molar-refractivity contribution in [3.63, 3.8) is 0 Å². The average molecular weight is 255 g/mol. The quantitative estimate of drug-likeness (QED) is 0.686. The number of piperazine rings is 1. The lowest BCUT2D eigenvalue weighted by molar-refractivity contribution is -0.144. The molecule has 2 saturated heterocycles. The van der Waals surface area contributed by atoms with E-state index >= 15 is 0 Å². The van der Waals surface area contributed by atoms with Crippen molar-refractivity contribution in [1.29, 1.82) is 0 Å². The average Bonchev–Trinajstić information content (AvgIpc) is 2.86. The first kappa shape index (κ1) is 13.3. The van der Waals surface area contributed by atoms with E-state index in [1.807, 2.05) is 6.92 Å². The predicted octanol–water partition coefficient (Wildman–Crippen LogP) is -0.900. The summed E-state index contributed by atoms with van der Waals surface area (Å²) in [5.74, 6) is -0.0189. The molecular formula is C12H21N3O3. The van der Waals surface area contributed by atoms with Gasteiger partial charge in [-0.1, -0.05) is 6.92 Å². The Kier molecular flexibility index (Phi) is 4.19. The van der Waals surface area contributed by atoms with Crippen LogP contribution in [0.5, 0.6) is 0 Å². The van der Waals surface area contributed by atoms with Crippen LogP contribution in [0.4, 0.5) is 0 Å². The molecule has 102 valence electrons. The van der Waals surface area contributed by atoms with Crippen molar-refractivity contribution in [3.05, 3.63) is 0 Å². The zero-order valence-corrected chi connectivity index (χ0v) is 10.9. The molecule has 0 saturated carbocycles. The molecule has 0 radical (unpaired) electrons. The summed E-state index contributed by atoms with van der Waals surface area (Å²) in [4.78, 5) is 25.8. The predicted molar refractivity (Wildman–Crippen MR) is 66.0 cm³/mol. The van der Waals surface area contributed by atoms with Gasteiger partial charge < -0.3 is 20.3 Å². The van der Waals surface area contributed by atoms with Crippen LogP contribution in [-0.2, 0) is 14.3 Å². The first-order valence-corrected chi connectivity index (χ1v) is 6.51. The Morgan fingerprint density at radius 3 is 2.94 bits per heavy atom. The molecule has 18 heavy (non-hydrogen) atoms. The molecule has 6 nitrogen and oxygen atoms in total. The molecule has 0 aromatic carbocycles. The van der Waals surface area contributed by atoms with Crippen LogP contribution in [0.15, 0.2) is 0 Å². The van der Waals surface area contributed by atoms with E-state index in [2.05, 4.69) is 10.6 Å². The van der Waals surface area contributed by atoms with Gasteiger partial charge in [0.05, 0.1) is 12.1 Å². The number of nitrogens with zero attached hydrogens (tertiary/aromatic N) is 1. The second-order valence-electron chi connectivity index (χ2n) is 4.80. The number of carbonyl (C=O) groups is 2. The monoisotopic (exact) mass is 255 g/mol. The van der Waals surface area contributed by atoms with Crippen LogP contribution in [0.2, 0.25) is 0 Å².